The Morgan fingerprint density at radius 2 is 1.82 bits per heavy atom. The first-order valence-corrected chi connectivity index (χ1v) is 6.77. The first kappa shape index (κ1) is 16.4. The summed E-state index contributed by atoms with van der Waals surface area (Å²) in [5.74, 6) is 0.109. The fourth-order valence-corrected chi connectivity index (χ4v) is 1.54. The first-order valence-electron chi connectivity index (χ1n) is 6.77. The molecule has 0 aromatic carbocycles. The van der Waals surface area contributed by atoms with E-state index in [2.05, 4.69) is 43.4 Å². The maximum atomic E-state index is 11.8. The van der Waals surface area contributed by atoms with Crippen molar-refractivity contribution in [2.75, 3.05) is 26.7 Å². The highest BCUT2D eigenvalue weighted by atomic mass is 16.2. The van der Waals surface area contributed by atoms with Gasteiger partial charge in [-0.3, -0.25) is 4.79 Å². The van der Waals surface area contributed by atoms with Crippen molar-refractivity contribution in [3.63, 3.8) is 0 Å². The summed E-state index contributed by atoms with van der Waals surface area (Å²) >= 11 is 0. The van der Waals surface area contributed by atoms with Crippen LogP contribution in [0.5, 0.6) is 0 Å². The van der Waals surface area contributed by atoms with Crippen LogP contribution in [0.2, 0.25) is 0 Å². The molecule has 0 radical (unpaired) electrons. The molecule has 0 aliphatic heterocycles. The molecule has 0 rings (SSSR count). The summed E-state index contributed by atoms with van der Waals surface area (Å²) in [5.41, 5.74) is 0. The van der Waals surface area contributed by atoms with Crippen LogP contribution in [-0.2, 0) is 4.79 Å². The smallest absolute Gasteiger partial charge is 0.237 e. The van der Waals surface area contributed by atoms with Gasteiger partial charge < -0.3 is 15.5 Å². The van der Waals surface area contributed by atoms with Gasteiger partial charge >= 0.3 is 0 Å². The number of nitrogens with zero attached hydrogens (tertiary/aromatic N) is 1. The SMILES string of the molecule is CCC(CC)NC(=O)C(C)NCCN(C)CC. The molecule has 0 aromatic rings. The number of carbonyl (C=O) groups is 1. The van der Waals surface area contributed by atoms with Crippen molar-refractivity contribution in [3.05, 3.63) is 0 Å². The molecule has 102 valence electrons. The highest BCUT2D eigenvalue weighted by Crippen LogP contribution is 1.96. The zero-order chi connectivity index (χ0) is 13.3. The van der Waals surface area contributed by atoms with E-state index in [1.54, 1.807) is 0 Å². The van der Waals surface area contributed by atoms with Gasteiger partial charge in [-0.25, -0.2) is 0 Å². The highest BCUT2D eigenvalue weighted by molar-refractivity contribution is 5.81. The lowest BCUT2D eigenvalue weighted by Gasteiger charge is -2.20. The van der Waals surface area contributed by atoms with E-state index in [4.69, 9.17) is 0 Å². The second-order valence-electron chi connectivity index (χ2n) is 4.59. The molecule has 1 unspecified atom stereocenters. The Labute approximate surface area is 106 Å². The molecule has 2 N–H and O–H groups in total. The number of nitrogens with one attached hydrogen (secondary N) is 2. The van der Waals surface area contributed by atoms with Crippen molar-refractivity contribution in [2.45, 2.75) is 52.6 Å². The van der Waals surface area contributed by atoms with Gasteiger partial charge in [0.2, 0.25) is 5.91 Å². The van der Waals surface area contributed by atoms with Gasteiger partial charge in [-0.2, -0.15) is 0 Å². The minimum atomic E-state index is -0.110. The van der Waals surface area contributed by atoms with Crippen molar-refractivity contribution in [3.8, 4) is 0 Å². The second-order valence-corrected chi connectivity index (χ2v) is 4.59. The third-order valence-corrected chi connectivity index (χ3v) is 3.21. The molecular formula is C13H29N3O. The number of carbonyl (C=O) groups excluding carboxylic acids is 1. The second kappa shape index (κ2) is 9.42. The summed E-state index contributed by atoms with van der Waals surface area (Å²) < 4.78 is 0. The molecular weight excluding hydrogens is 214 g/mol. The van der Waals surface area contributed by atoms with Crippen LogP contribution in [0, 0.1) is 0 Å². The van der Waals surface area contributed by atoms with E-state index in [1.807, 2.05) is 6.92 Å². The Hall–Kier alpha value is -0.610. The van der Waals surface area contributed by atoms with Crippen LogP contribution in [0.25, 0.3) is 0 Å². The molecule has 0 saturated carbocycles. The van der Waals surface area contributed by atoms with Crippen molar-refractivity contribution >= 4 is 5.91 Å². The van der Waals surface area contributed by atoms with E-state index in [1.165, 1.54) is 0 Å². The number of rotatable bonds is 9. The largest absolute Gasteiger partial charge is 0.352 e. The van der Waals surface area contributed by atoms with Crippen LogP contribution in [0.1, 0.15) is 40.5 Å². The van der Waals surface area contributed by atoms with Gasteiger partial charge in [0.25, 0.3) is 0 Å². The summed E-state index contributed by atoms with van der Waals surface area (Å²) in [4.78, 5) is 14.1. The average Bonchev–Trinajstić information content (AvgIpc) is 2.34. The first-order chi connectivity index (χ1) is 8.04. The molecule has 1 atom stereocenters. The molecule has 0 aliphatic carbocycles. The van der Waals surface area contributed by atoms with Gasteiger partial charge in [-0.1, -0.05) is 20.8 Å². The van der Waals surface area contributed by atoms with Gasteiger partial charge in [0.15, 0.2) is 0 Å². The van der Waals surface area contributed by atoms with Crippen LogP contribution in [0.4, 0.5) is 0 Å². The molecule has 4 nitrogen and oxygen atoms in total. The fourth-order valence-electron chi connectivity index (χ4n) is 1.54. The molecule has 0 saturated heterocycles. The predicted octanol–water partition coefficient (Wildman–Crippen LogP) is 1.22. The Bertz CT molecular complexity index is 205. The van der Waals surface area contributed by atoms with Crippen LogP contribution in [0.3, 0.4) is 0 Å². The molecule has 0 aliphatic rings. The number of hydrogen-bond acceptors (Lipinski definition) is 3. The normalized spacial score (nSPS) is 13.1. The summed E-state index contributed by atoms with van der Waals surface area (Å²) in [5, 5.41) is 6.30. The van der Waals surface area contributed by atoms with E-state index < -0.39 is 0 Å². The summed E-state index contributed by atoms with van der Waals surface area (Å²) in [6, 6.07) is 0.200. The Balaban J connectivity index is 3.81. The Kier molecular flexibility index (Phi) is 9.09. The topological polar surface area (TPSA) is 44.4 Å². The molecule has 17 heavy (non-hydrogen) atoms. The minimum Gasteiger partial charge on any atom is -0.352 e. The van der Waals surface area contributed by atoms with Crippen molar-refractivity contribution in [2.24, 2.45) is 0 Å². The lowest BCUT2D eigenvalue weighted by molar-refractivity contribution is -0.123. The molecule has 4 heteroatoms. The zero-order valence-electron chi connectivity index (χ0n) is 12.0. The lowest BCUT2D eigenvalue weighted by atomic mass is 10.1. The zero-order valence-corrected chi connectivity index (χ0v) is 12.0. The maximum Gasteiger partial charge on any atom is 0.237 e. The molecule has 0 fully saturated rings. The highest BCUT2D eigenvalue weighted by Gasteiger charge is 2.14. The van der Waals surface area contributed by atoms with Crippen LogP contribution in [-0.4, -0.2) is 49.6 Å². The minimum absolute atomic E-state index is 0.109. The molecule has 1 amide bonds. The Morgan fingerprint density at radius 1 is 1.24 bits per heavy atom. The van der Waals surface area contributed by atoms with E-state index in [0.717, 1.165) is 32.5 Å². The number of likely N-dealkylation sites (N-methyl/N-ethyl adjacent to an activating group) is 1. The summed E-state index contributed by atoms with van der Waals surface area (Å²) in [6.07, 6.45) is 1.99. The van der Waals surface area contributed by atoms with Gasteiger partial charge in [-0.15, -0.1) is 0 Å². The molecule has 0 spiro atoms. The van der Waals surface area contributed by atoms with E-state index >= 15 is 0 Å². The lowest BCUT2D eigenvalue weighted by Crippen LogP contribution is -2.47. The van der Waals surface area contributed by atoms with Gasteiger partial charge in [0.1, 0.15) is 0 Å². The number of hydrogen-bond donors (Lipinski definition) is 2. The predicted molar refractivity (Wildman–Crippen MR) is 73.1 cm³/mol. The molecule has 0 bridgehead atoms. The number of amides is 1. The monoisotopic (exact) mass is 243 g/mol. The molecule has 0 aromatic heterocycles. The summed E-state index contributed by atoms with van der Waals surface area (Å²) in [7, 11) is 2.08. The van der Waals surface area contributed by atoms with Gasteiger partial charge in [0.05, 0.1) is 6.04 Å². The Morgan fingerprint density at radius 3 is 2.29 bits per heavy atom. The van der Waals surface area contributed by atoms with E-state index in [0.29, 0.717) is 6.04 Å². The summed E-state index contributed by atoms with van der Waals surface area (Å²) in [6.45, 7) is 11.1. The van der Waals surface area contributed by atoms with E-state index in [9.17, 15) is 4.79 Å². The average molecular weight is 243 g/mol. The van der Waals surface area contributed by atoms with Crippen molar-refractivity contribution in [1.29, 1.82) is 0 Å². The van der Waals surface area contributed by atoms with Gasteiger partial charge in [0, 0.05) is 19.1 Å². The van der Waals surface area contributed by atoms with Crippen molar-refractivity contribution < 1.29 is 4.79 Å². The quantitative estimate of drug-likeness (QED) is 0.640. The third-order valence-electron chi connectivity index (χ3n) is 3.21. The van der Waals surface area contributed by atoms with Gasteiger partial charge in [-0.05, 0) is 33.4 Å². The van der Waals surface area contributed by atoms with Crippen LogP contribution in [0.15, 0.2) is 0 Å². The van der Waals surface area contributed by atoms with Crippen molar-refractivity contribution in [1.82, 2.24) is 15.5 Å². The molecule has 0 heterocycles. The van der Waals surface area contributed by atoms with Crippen LogP contribution >= 0.6 is 0 Å². The van der Waals surface area contributed by atoms with Crippen LogP contribution < -0.4 is 10.6 Å². The van der Waals surface area contributed by atoms with E-state index in [-0.39, 0.29) is 11.9 Å². The maximum absolute atomic E-state index is 11.8. The third kappa shape index (κ3) is 7.34. The standard InChI is InChI=1S/C13H29N3O/c1-6-12(7-2)15-13(17)11(4)14-9-10-16(5)8-3/h11-12,14H,6-10H2,1-5H3,(H,15,17). The fraction of sp³-hybridized carbons (Fsp3) is 0.923.